The molecule has 114 valence electrons. The molecule has 0 aliphatic heterocycles. The summed E-state index contributed by atoms with van der Waals surface area (Å²) in [4.78, 5) is 13.4. The highest BCUT2D eigenvalue weighted by Gasteiger charge is 2.05. The molecule has 3 heteroatoms. The standard InChI is InChI=1S/C20H17NOS/c22-20(21-18-7-3-1-4-8-18)17-13-11-16(12-14-17)15-23-19-9-5-2-6-10-19/h1-14H,15H2,(H,21,22). The van der Waals surface area contributed by atoms with Gasteiger partial charge in [-0.1, -0.05) is 48.5 Å². The van der Waals surface area contributed by atoms with E-state index in [0.29, 0.717) is 5.56 Å². The number of anilines is 1. The van der Waals surface area contributed by atoms with E-state index in [1.54, 1.807) is 11.8 Å². The van der Waals surface area contributed by atoms with Crippen LogP contribution < -0.4 is 5.32 Å². The van der Waals surface area contributed by atoms with Gasteiger partial charge in [0.25, 0.3) is 5.91 Å². The van der Waals surface area contributed by atoms with Crippen molar-refractivity contribution in [2.45, 2.75) is 10.6 Å². The Kier molecular flexibility index (Phi) is 5.12. The maximum Gasteiger partial charge on any atom is 0.255 e. The molecule has 23 heavy (non-hydrogen) atoms. The lowest BCUT2D eigenvalue weighted by Crippen LogP contribution is -2.11. The van der Waals surface area contributed by atoms with Gasteiger partial charge in [-0.15, -0.1) is 11.8 Å². The Balaban J connectivity index is 1.59. The van der Waals surface area contributed by atoms with Gasteiger partial charge in [0.1, 0.15) is 0 Å². The van der Waals surface area contributed by atoms with Gasteiger partial charge in [0.05, 0.1) is 0 Å². The van der Waals surface area contributed by atoms with E-state index in [1.807, 2.05) is 72.8 Å². The summed E-state index contributed by atoms with van der Waals surface area (Å²) in [6.07, 6.45) is 0. The fourth-order valence-corrected chi connectivity index (χ4v) is 3.04. The van der Waals surface area contributed by atoms with Gasteiger partial charge in [-0.05, 0) is 42.0 Å². The van der Waals surface area contributed by atoms with Crippen molar-refractivity contribution < 1.29 is 4.79 Å². The molecule has 0 bridgehead atoms. The summed E-state index contributed by atoms with van der Waals surface area (Å²) in [5, 5.41) is 2.89. The number of carbonyl (C=O) groups is 1. The first-order valence-corrected chi connectivity index (χ1v) is 8.43. The van der Waals surface area contributed by atoms with Crippen molar-refractivity contribution in [1.29, 1.82) is 0 Å². The summed E-state index contributed by atoms with van der Waals surface area (Å²) in [6, 6.07) is 27.6. The lowest BCUT2D eigenvalue weighted by Gasteiger charge is -2.06. The Bertz CT molecular complexity index is 755. The molecule has 0 spiro atoms. The van der Waals surface area contributed by atoms with Crippen molar-refractivity contribution >= 4 is 23.4 Å². The van der Waals surface area contributed by atoms with E-state index in [2.05, 4.69) is 17.4 Å². The fraction of sp³-hybridized carbons (Fsp3) is 0.0500. The van der Waals surface area contributed by atoms with Crippen LogP contribution in [0.1, 0.15) is 15.9 Å². The average molecular weight is 319 g/mol. The summed E-state index contributed by atoms with van der Waals surface area (Å²) in [6.45, 7) is 0. The Morgan fingerprint density at radius 1 is 0.783 bits per heavy atom. The Morgan fingerprint density at radius 3 is 2.04 bits per heavy atom. The predicted molar refractivity (Wildman–Crippen MR) is 96.8 cm³/mol. The van der Waals surface area contributed by atoms with Gasteiger partial charge < -0.3 is 5.32 Å². The van der Waals surface area contributed by atoms with Crippen LogP contribution in [0.2, 0.25) is 0 Å². The van der Waals surface area contributed by atoms with Crippen LogP contribution in [0.15, 0.2) is 89.8 Å². The van der Waals surface area contributed by atoms with E-state index >= 15 is 0 Å². The minimum atomic E-state index is -0.0848. The molecule has 2 nitrogen and oxygen atoms in total. The highest BCUT2D eigenvalue weighted by atomic mass is 32.2. The third-order valence-corrected chi connectivity index (χ3v) is 4.48. The number of carbonyl (C=O) groups excluding carboxylic acids is 1. The molecule has 0 fully saturated rings. The zero-order valence-electron chi connectivity index (χ0n) is 12.6. The van der Waals surface area contributed by atoms with Crippen LogP contribution in [0.5, 0.6) is 0 Å². The number of rotatable bonds is 5. The second kappa shape index (κ2) is 7.65. The van der Waals surface area contributed by atoms with Gasteiger partial charge in [-0.25, -0.2) is 0 Å². The Hall–Kier alpha value is -2.52. The van der Waals surface area contributed by atoms with Crippen molar-refractivity contribution in [2.75, 3.05) is 5.32 Å². The molecular weight excluding hydrogens is 302 g/mol. The zero-order chi connectivity index (χ0) is 15.9. The van der Waals surface area contributed by atoms with Gasteiger partial charge in [0.2, 0.25) is 0 Å². The molecule has 3 rings (SSSR count). The van der Waals surface area contributed by atoms with Gasteiger partial charge in [-0.2, -0.15) is 0 Å². The second-order valence-corrected chi connectivity index (χ2v) is 6.17. The molecule has 0 atom stereocenters. The molecule has 3 aromatic carbocycles. The van der Waals surface area contributed by atoms with Gasteiger partial charge in [0.15, 0.2) is 0 Å². The number of para-hydroxylation sites is 1. The number of benzene rings is 3. The van der Waals surface area contributed by atoms with Crippen LogP contribution >= 0.6 is 11.8 Å². The third kappa shape index (κ3) is 4.47. The van der Waals surface area contributed by atoms with Crippen LogP contribution in [-0.4, -0.2) is 5.91 Å². The largest absolute Gasteiger partial charge is 0.322 e. The summed E-state index contributed by atoms with van der Waals surface area (Å²) in [5.74, 6) is 0.809. The van der Waals surface area contributed by atoms with Gasteiger partial charge >= 0.3 is 0 Å². The highest BCUT2D eigenvalue weighted by Crippen LogP contribution is 2.22. The first-order chi connectivity index (χ1) is 11.3. The van der Waals surface area contributed by atoms with E-state index in [1.165, 1.54) is 10.5 Å². The molecule has 1 amide bonds. The smallest absolute Gasteiger partial charge is 0.255 e. The number of nitrogens with one attached hydrogen (secondary N) is 1. The molecule has 0 aliphatic carbocycles. The maximum absolute atomic E-state index is 12.2. The molecule has 0 aromatic heterocycles. The number of thioether (sulfide) groups is 1. The van der Waals surface area contributed by atoms with E-state index in [-0.39, 0.29) is 5.91 Å². The first-order valence-electron chi connectivity index (χ1n) is 7.44. The molecule has 3 aromatic rings. The van der Waals surface area contributed by atoms with Crippen LogP contribution in [0, 0.1) is 0 Å². The number of amides is 1. The van der Waals surface area contributed by atoms with Crippen LogP contribution in [-0.2, 0) is 5.75 Å². The summed E-state index contributed by atoms with van der Waals surface area (Å²) in [7, 11) is 0. The number of hydrogen-bond acceptors (Lipinski definition) is 2. The minimum Gasteiger partial charge on any atom is -0.322 e. The Labute approximate surface area is 140 Å². The molecule has 0 unspecified atom stereocenters. The first kappa shape index (κ1) is 15.4. The van der Waals surface area contributed by atoms with Crippen molar-refractivity contribution in [1.82, 2.24) is 0 Å². The molecule has 0 saturated heterocycles. The highest BCUT2D eigenvalue weighted by molar-refractivity contribution is 7.98. The molecule has 1 N–H and O–H groups in total. The maximum atomic E-state index is 12.2. The molecule has 0 aliphatic rings. The summed E-state index contributed by atoms with van der Waals surface area (Å²) < 4.78 is 0. The van der Waals surface area contributed by atoms with Crippen LogP contribution in [0.4, 0.5) is 5.69 Å². The van der Waals surface area contributed by atoms with Crippen molar-refractivity contribution in [3.05, 3.63) is 96.1 Å². The van der Waals surface area contributed by atoms with Crippen LogP contribution in [0.3, 0.4) is 0 Å². The lowest BCUT2D eigenvalue weighted by molar-refractivity contribution is 0.102. The summed E-state index contributed by atoms with van der Waals surface area (Å²) >= 11 is 1.79. The third-order valence-electron chi connectivity index (χ3n) is 3.40. The predicted octanol–water partition coefficient (Wildman–Crippen LogP) is 5.23. The van der Waals surface area contributed by atoms with E-state index in [9.17, 15) is 4.79 Å². The van der Waals surface area contributed by atoms with E-state index in [4.69, 9.17) is 0 Å². The zero-order valence-corrected chi connectivity index (χ0v) is 13.4. The van der Waals surface area contributed by atoms with Gasteiger partial charge in [-0.3, -0.25) is 4.79 Å². The van der Waals surface area contributed by atoms with E-state index in [0.717, 1.165) is 11.4 Å². The quantitative estimate of drug-likeness (QED) is 0.652. The SMILES string of the molecule is O=C(Nc1ccccc1)c1ccc(CSc2ccccc2)cc1. The molecule has 0 saturated carbocycles. The normalized spacial score (nSPS) is 10.3. The van der Waals surface area contributed by atoms with Gasteiger partial charge in [0, 0.05) is 21.9 Å². The van der Waals surface area contributed by atoms with Crippen LogP contribution in [0.25, 0.3) is 0 Å². The second-order valence-electron chi connectivity index (χ2n) is 5.12. The monoisotopic (exact) mass is 319 g/mol. The average Bonchev–Trinajstić information content (AvgIpc) is 2.62. The van der Waals surface area contributed by atoms with Crippen molar-refractivity contribution in [3.8, 4) is 0 Å². The van der Waals surface area contributed by atoms with Crippen molar-refractivity contribution in [3.63, 3.8) is 0 Å². The molecule has 0 radical (unpaired) electrons. The minimum absolute atomic E-state index is 0.0848. The lowest BCUT2D eigenvalue weighted by atomic mass is 10.1. The van der Waals surface area contributed by atoms with Crippen molar-refractivity contribution in [2.24, 2.45) is 0 Å². The summed E-state index contributed by atoms with van der Waals surface area (Å²) in [5.41, 5.74) is 2.68. The Morgan fingerprint density at radius 2 is 1.39 bits per heavy atom. The number of hydrogen-bond donors (Lipinski definition) is 1. The molecular formula is C20H17NOS. The van der Waals surface area contributed by atoms with E-state index < -0.39 is 0 Å². The molecule has 0 heterocycles. The fourth-order valence-electron chi connectivity index (χ4n) is 2.16. The topological polar surface area (TPSA) is 29.1 Å².